The Morgan fingerprint density at radius 3 is 2.80 bits per heavy atom. The minimum atomic E-state index is -0.260. The van der Waals surface area contributed by atoms with E-state index in [4.69, 9.17) is 0 Å². The maximum atomic E-state index is 12.2. The fraction of sp³-hybridized carbons (Fsp3) is 0.429. The van der Waals surface area contributed by atoms with Crippen LogP contribution in [0.25, 0.3) is 0 Å². The molecule has 3 rings (SSSR count). The average Bonchev–Trinajstić information content (AvgIpc) is 2.76. The molecule has 1 aliphatic carbocycles. The first-order valence-corrected chi connectivity index (χ1v) is 6.81. The summed E-state index contributed by atoms with van der Waals surface area (Å²) in [5.41, 5.74) is 2.74. The van der Waals surface area contributed by atoms with Crippen molar-refractivity contribution in [3.63, 3.8) is 0 Å². The number of amides is 1. The molecule has 0 bridgehead atoms. The van der Waals surface area contributed by atoms with Gasteiger partial charge in [-0.25, -0.2) is 4.98 Å². The summed E-state index contributed by atoms with van der Waals surface area (Å²) in [4.78, 5) is 20.8. The predicted molar refractivity (Wildman–Crippen MR) is 74.6 cm³/mol. The molecule has 1 aliphatic rings. The Kier molecular flexibility index (Phi) is 3.22. The van der Waals surface area contributed by atoms with Crippen LogP contribution in [0.2, 0.25) is 0 Å². The fourth-order valence-corrected chi connectivity index (χ4v) is 2.39. The van der Waals surface area contributed by atoms with Crippen molar-refractivity contribution in [2.45, 2.75) is 32.6 Å². The SMILES string of the molecule is Cc1nc(NC(=O)c2ccc3c(n2)CCCC3)nn1C. The van der Waals surface area contributed by atoms with Gasteiger partial charge < -0.3 is 0 Å². The zero-order chi connectivity index (χ0) is 14.1. The summed E-state index contributed by atoms with van der Waals surface area (Å²) in [7, 11) is 1.79. The Hall–Kier alpha value is -2.24. The second kappa shape index (κ2) is 5.03. The van der Waals surface area contributed by atoms with Gasteiger partial charge in [-0.1, -0.05) is 6.07 Å². The molecule has 0 spiro atoms. The predicted octanol–water partition coefficient (Wildman–Crippen LogP) is 1.65. The Labute approximate surface area is 117 Å². The van der Waals surface area contributed by atoms with Crippen LogP contribution in [0, 0.1) is 6.92 Å². The van der Waals surface area contributed by atoms with Crippen LogP contribution in [0.1, 0.15) is 40.4 Å². The number of nitrogens with one attached hydrogen (secondary N) is 1. The summed E-state index contributed by atoms with van der Waals surface area (Å²) < 4.78 is 1.62. The molecule has 0 aliphatic heterocycles. The molecule has 0 aromatic carbocycles. The summed E-state index contributed by atoms with van der Waals surface area (Å²) in [6, 6.07) is 3.78. The van der Waals surface area contributed by atoms with E-state index in [0.29, 0.717) is 11.6 Å². The fourth-order valence-electron chi connectivity index (χ4n) is 2.39. The first-order valence-electron chi connectivity index (χ1n) is 6.81. The van der Waals surface area contributed by atoms with Crippen molar-refractivity contribution < 1.29 is 4.79 Å². The number of anilines is 1. The number of hydrogen-bond acceptors (Lipinski definition) is 4. The Bertz CT molecular complexity index is 642. The van der Waals surface area contributed by atoms with Crippen LogP contribution in [0.4, 0.5) is 5.95 Å². The van der Waals surface area contributed by atoms with E-state index >= 15 is 0 Å². The van der Waals surface area contributed by atoms with Gasteiger partial charge in [0, 0.05) is 12.7 Å². The number of carbonyl (C=O) groups is 1. The molecule has 0 radical (unpaired) electrons. The van der Waals surface area contributed by atoms with E-state index in [9.17, 15) is 4.79 Å². The van der Waals surface area contributed by atoms with E-state index in [1.807, 2.05) is 13.0 Å². The van der Waals surface area contributed by atoms with E-state index < -0.39 is 0 Å². The van der Waals surface area contributed by atoms with E-state index in [1.54, 1.807) is 17.8 Å². The lowest BCUT2D eigenvalue weighted by Crippen LogP contribution is -2.17. The largest absolute Gasteiger partial charge is 0.288 e. The van der Waals surface area contributed by atoms with Gasteiger partial charge in [0.1, 0.15) is 11.5 Å². The lowest BCUT2D eigenvalue weighted by molar-refractivity contribution is 0.102. The van der Waals surface area contributed by atoms with Crippen molar-refractivity contribution >= 4 is 11.9 Å². The summed E-state index contributed by atoms with van der Waals surface area (Å²) in [6.45, 7) is 1.83. The third-order valence-electron chi connectivity index (χ3n) is 3.62. The molecule has 1 N–H and O–H groups in total. The van der Waals surface area contributed by atoms with Crippen molar-refractivity contribution in [3.8, 4) is 0 Å². The van der Waals surface area contributed by atoms with Gasteiger partial charge in [0.15, 0.2) is 0 Å². The molecule has 104 valence electrons. The van der Waals surface area contributed by atoms with E-state index in [1.165, 1.54) is 12.0 Å². The molecule has 6 heteroatoms. The molecule has 0 fully saturated rings. The van der Waals surface area contributed by atoms with Crippen LogP contribution in [-0.4, -0.2) is 25.7 Å². The standard InChI is InChI=1S/C14H17N5O/c1-9-15-14(18-19(9)2)17-13(20)12-8-7-10-5-3-4-6-11(10)16-12/h7-8H,3-6H2,1-2H3,(H,17,18,20). The normalized spacial score (nSPS) is 13.9. The van der Waals surface area contributed by atoms with Gasteiger partial charge in [-0.3, -0.25) is 14.8 Å². The zero-order valence-corrected chi connectivity index (χ0v) is 11.7. The molecule has 6 nitrogen and oxygen atoms in total. The van der Waals surface area contributed by atoms with Crippen molar-refractivity contribution in [3.05, 3.63) is 34.9 Å². The van der Waals surface area contributed by atoms with Gasteiger partial charge >= 0.3 is 0 Å². The maximum Gasteiger partial charge on any atom is 0.276 e. The van der Waals surface area contributed by atoms with Crippen LogP contribution < -0.4 is 5.32 Å². The summed E-state index contributed by atoms with van der Waals surface area (Å²) >= 11 is 0. The molecule has 0 saturated heterocycles. The maximum absolute atomic E-state index is 12.2. The van der Waals surface area contributed by atoms with E-state index in [2.05, 4.69) is 20.4 Å². The molecule has 2 aromatic heterocycles. The quantitative estimate of drug-likeness (QED) is 0.901. The van der Waals surface area contributed by atoms with Gasteiger partial charge in [0.05, 0.1) is 0 Å². The molecule has 0 saturated carbocycles. The zero-order valence-electron chi connectivity index (χ0n) is 11.7. The highest BCUT2D eigenvalue weighted by molar-refractivity contribution is 6.01. The first kappa shape index (κ1) is 12.8. The Morgan fingerprint density at radius 1 is 1.25 bits per heavy atom. The second-order valence-corrected chi connectivity index (χ2v) is 5.07. The van der Waals surface area contributed by atoms with Crippen LogP contribution in [0.5, 0.6) is 0 Å². The van der Waals surface area contributed by atoms with Gasteiger partial charge in [0.2, 0.25) is 5.95 Å². The molecule has 1 amide bonds. The van der Waals surface area contributed by atoms with Gasteiger partial charge in [0.25, 0.3) is 5.91 Å². The number of carbonyl (C=O) groups excluding carboxylic acids is 1. The number of hydrogen-bond donors (Lipinski definition) is 1. The van der Waals surface area contributed by atoms with Crippen molar-refractivity contribution in [1.82, 2.24) is 19.7 Å². The summed E-state index contributed by atoms with van der Waals surface area (Å²) in [5.74, 6) is 0.803. The van der Waals surface area contributed by atoms with Crippen LogP contribution in [0.3, 0.4) is 0 Å². The van der Waals surface area contributed by atoms with Crippen LogP contribution in [-0.2, 0) is 19.9 Å². The van der Waals surface area contributed by atoms with Gasteiger partial charge in [-0.15, -0.1) is 5.10 Å². The molecular formula is C14H17N5O. The monoisotopic (exact) mass is 271 g/mol. The molecule has 2 aromatic rings. The number of pyridine rings is 1. The topological polar surface area (TPSA) is 72.7 Å². The molecular weight excluding hydrogens is 254 g/mol. The molecule has 0 unspecified atom stereocenters. The summed E-state index contributed by atoms with van der Waals surface area (Å²) in [5, 5.41) is 6.79. The van der Waals surface area contributed by atoms with E-state index in [-0.39, 0.29) is 5.91 Å². The highest BCUT2D eigenvalue weighted by Crippen LogP contribution is 2.19. The number of rotatable bonds is 2. The van der Waals surface area contributed by atoms with Crippen LogP contribution >= 0.6 is 0 Å². The number of aromatic nitrogens is 4. The Balaban J connectivity index is 1.80. The minimum absolute atomic E-state index is 0.260. The summed E-state index contributed by atoms with van der Waals surface area (Å²) in [6.07, 6.45) is 4.37. The third-order valence-corrected chi connectivity index (χ3v) is 3.62. The molecule has 2 heterocycles. The number of nitrogens with zero attached hydrogens (tertiary/aromatic N) is 4. The average molecular weight is 271 g/mol. The third kappa shape index (κ3) is 2.41. The number of aryl methyl sites for hydroxylation is 4. The molecule has 0 atom stereocenters. The van der Waals surface area contributed by atoms with Crippen molar-refractivity contribution in [2.75, 3.05) is 5.32 Å². The Morgan fingerprint density at radius 2 is 2.05 bits per heavy atom. The molecule has 20 heavy (non-hydrogen) atoms. The van der Waals surface area contributed by atoms with Crippen molar-refractivity contribution in [2.24, 2.45) is 7.05 Å². The second-order valence-electron chi connectivity index (χ2n) is 5.07. The highest BCUT2D eigenvalue weighted by Gasteiger charge is 2.16. The first-order chi connectivity index (χ1) is 9.63. The highest BCUT2D eigenvalue weighted by atomic mass is 16.2. The van der Waals surface area contributed by atoms with Crippen LogP contribution in [0.15, 0.2) is 12.1 Å². The lowest BCUT2D eigenvalue weighted by atomic mass is 9.96. The minimum Gasteiger partial charge on any atom is -0.288 e. The van der Waals surface area contributed by atoms with Crippen molar-refractivity contribution in [1.29, 1.82) is 0 Å². The van der Waals surface area contributed by atoms with Gasteiger partial charge in [-0.05, 0) is 44.2 Å². The lowest BCUT2D eigenvalue weighted by Gasteiger charge is -2.14. The number of fused-ring (bicyclic) bond motifs is 1. The van der Waals surface area contributed by atoms with Gasteiger partial charge in [-0.2, -0.15) is 4.98 Å². The van der Waals surface area contributed by atoms with E-state index in [0.717, 1.165) is 30.8 Å². The smallest absolute Gasteiger partial charge is 0.276 e.